The van der Waals surface area contributed by atoms with Crippen LogP contribution in [-0.2, 0) is 54.0 Å². The Kier molecular flexibility index (Phi) is 122. The summed E-state index contributed by atoms with van der Waals surface area (Å²) in [7, 11) is 0. The van der Waals surface area contributed by atoms with E-state index in [0.29, 0.717) is 0 Å². The van der Waals surface area contributed by atoms with E-state index >= 15 is 0 Å². The molecule has 0 aromatic carbocycles. The molecule has 0 spiro atoms. The van der Waals surface area contributed by atoms with Crippen molar-refractivity contribution < 1.29 is 54.0 Å². The zero-order valence-electron chi connectivity index (χ0n) is 1.45. The van der Waals surface area contributed by atoms with E-state index in [-0.39, 0.29) is 34.4 Å². The van der Waals surface area contributed by atoms with E-state index in [9.17, 15) is 0 Å². The topological polar surface area (TPSA) is 17.1 Å². The first-order valence-electron chi connectivity index (χ1n) is 0.136. The quantitative estimate of drug-likeness (QED) is 0.487. The first-order valence-corrected chi connectivity index (χ1v) is 0.561. The molecule has 0 aromatic heterocycles. The molecule has 1 nitrogen and oxygen atoms in total. The van der Waals surface area contributed by atoms with Crippen LogP contribution < -0.4 is 0 Å². The Balaban J connectivity index is -0.00000000500. The molecule has 32 valence electrons. The van der Waals surface area contributed by atoms with Gasteiger partial charge in [0.15, 0.2) is 0 Å². The summed E-state index contributed by atoms with van der Waals surface area (Å²) in [4.78, 5) is 0. The SMILES string of the molecule is [Cr].[Cu].[O]=[Co]. The van der Waals surface area contributed by atoms with Crippen LogP contribution in [0, 0.1) is 0 Å². The van der Waals surface area contributed by atoms with Gasteiger partial charge < -0.3 is 0 Å². The average molecular weight is 190 g/mol. The first-order chi connectivity index (χ1) is 1.00. The van der Waals surface area contributed by atoms with E-state index in [2.05, 4.69) is 15.7 Å². The van der Waals surface area contributed by atoms with Crippen molar-refractivity contribution in [2.75, 3.05) is 0 Å². The van der Waals surface area contributed by atoms with Gasteiger partial charge in [0.05, 0.1) is 0 Å². The molecule has 0 atom stereocenters. The molecule has 4 heavy (non-hydrogen) atoms. The van der Waals surface area contributed by atoms with E-state index in [0.717, 1.165) is 0 Å². The maximum absolute atomic E-state index is 7.94. The molecule has 0 unspecified atom stereocenters. The Morgan fingerprint density at radius 2 is 1.25 bits per heavy atom. The second kappa shape index (κ2) is 26.6. The predicted molar refractivity (Wildman–Crippen MR) is 0.686 cm³/mol. The summed E-state index contributed by atoms with van der Waals surface area (Å²) in [5.41, 5.74) is 0. The number of rotatable bonds is 0. The molecule has 0 aromatic rings. The van der Waals surface area contributed by atoms with Crippen molar-refractivity contribution in [2.24, 2.45) is 0 Å². The van der Waals surface area contributed by atoms with Gasteiger partial charge in [-0.05, 0) is 0 Å². The molecule has 0 saturated carbocycles. The van der Waals surface area contributed by atoms with Crippen molar-refractivity contribution in [1.82, 2.24) is 0 Å². The molecule has 0 fully saturated rings. The molecular weight excluding hydrogens is 190 g/mol. The minimum atomic E-state index is 0. The van der Waals surface area contributed by atoms with Crippen LogP contribution in [0.3, 0.4) is 0 Å². The second-order valence-electron chi connectivity index (χ2n) is 0. The van der Waals surface area contributed by atoms with Crippen LogP contribution >= 0.6 is 0 Å². The van der Waals surface area contributed by atoms with Gasteiger partial charge in [-0.15, -0.1) is 0 Å². The Morgan fingerprint density at radius 1 is 1.25 bits per heavy atom. The minimum absolute atomic E-state index is 0. The monoisotopic (exact) mass is 190 g/mol. The van der Waals surface area contributed by atoms with Crippen molar-refractivity contribution in [1.29, 1.82) is 0 Å². The molecule has 0 aliphatic carbocycles. The third-order valence-corrected chi connectivity index (χ3v) is 0. The molecule has 4 heteroatoms. The fourth-order valence-electron chi connectivity index (χ4n) is 0. The van der Waals surface area contributed by atoms with Crippen LogP contribution in [0.5, 0.6) is 0 Å². The molecule has 0 saturated heterocycles. The molecule has 0 N–H and O–H groups in total. The Labute approximate surface area is 53.9 Å². The zero-order valence-corrected chi connectivity index (χ0v) is 4.71. The summed E-state index contributed by atoms with van der Waals surface area (Å²) in [6, 6.07) is 0. The van der Waals surface area contributed by atoms with Crippen LogP contribution in [0.1, 0.15) is 0 Å². The van der Waals surface area contributed by atoms with Crippen LogP contribution in [-0.4, -0.2) is 0 Å². The van der Waals surface area contributed by atoms with Crippen molar-refractivity contribution in [3.8, 4) is 0 Å². The molecule has 1 radical (unpaired) electrons. The zero-order chi connectivity index (χ0) is 2.00. The van der Waals surface area contributed by atoms with E-state index in [1.54, 1.807) is 0 Å². The van der Waals surface area contributed by atoms with E-state index < -0.39 is 0 Å². The van der Waals surface area contributed by atoms with Gasteiger partial charge >= 0.3 is 19.5 Å². The third kappa shape index (κ3) is 10.1. The van der Waals surface area contributed by atoms with Crippen LogP contribution in [0.15, 0.2) is 0 Å². The van der Waals surface area contributed by atoms with Crippen LogP contribution in [0.25, 0.3) is 0 Å². The van der Waals surface area contributed by atoms with Crippen molar-refractivity contribution >= 4 is 0 Å². The van der Waals surface area contributed by atoms with Gasteiger partial charge in [0.25, 0.3) is 0 Å². The van der Waals surface area contributed by atoms with Gasteiger partial charge in [0.1, 0.15) is 0 Å². The van der Waals surface area contributed by atoms with E-state index in [1.807, 2.05) is 0 Å². The van der Waals surface area contributed by atoms with Gasteiger partial charge in [-0.2, -0.15) is 0 Å². The second-order valence-corrected chi connectivity index (χ2v) is 0. The molecule has 0 heterocycles. The van der Waals surface area contributed by atoms with Gasteiger partial charge in [0.2, 0.25) is 0 Å². The van der Waals surface area contributed by atoms with Crippen LogP contribution in [0.2, 0.25) is 0 Å². The predicted octanol–water partition coefficient (Wildman–Crippen LogP) is -0.126. The summed E-state index contributed by atoms with van der Waals surface area (Å²) in [5, 5.41) is 0. The molecule has 0 amide bonds. The van der Waals surface area contributed by atoms with Crippen molar-refractivity contribution in [3.63, 3.8) is 0 Å². The molecule has 0 bridgehead atoms. The molecular formula is CoCrCuO. The Morgan fingerprint density at radius 3 is 1.25 bits per heavy atom. The molecule has 0 rings (SSSR count). The van der Waals surface area contributed by atoms with Gasteiger partial charge in [-0.3, -0.25) is 0 Å². The average Bonchev–Trinajstić information content (AvgIpc) is 1.00. The van der Waals surface area contributed by atoms with Crippen molar-refractivity contribution in [3.05, 3.63) is 0 Å². The number of hydrogen-bond acceptors (Lipinski definition) is 1. The van der Waals surface area contributed by atoms with Crippen molar-refractivity contribution in [2.45, 2.75) is 0 Å². The Hall–Kier alpha value is 1.36. The van der Waals surface area contributed by atoms with E-state index in [4.69, 9.17) is 3.87 Å². The summed E-state index contributed by atoms with van der Waals surface area (Å²) >= 11 is 2.31. The standard InChI is InChI=1S/Co.Cr.Cu.O. The first kappa shape index (κ1) is 18.3. The van der Waals surface area contributed by atoms with Gasteiger partial charge in [-0.1, -0.05) is 0 Å². The fourth-order valence-corrected chi connectivity index (χ4v) is 0. The van der Waals surface area contributed by atoms with Gasteiger partial charge in [0, 0.05) is 34.4 Å². The number of hydrogen-bond donors (Lipinski definition) is 0. The molecule has 0 aliphatic rings. The third-order valence-electron chi connectivity index (χ3n) is 0. The summed E-state index contributed by atoms with van der Waals surface area (Å²) < 4.78 is 7.94. The van der Waals surface area contributed by atoms with Crippen LogP contribution in [0.4, 0.5) is 0 Å². The normalized spacial score (nSPS) is 1.25. The maximum atomic E-state index is 7.94. The van der Waals surface area contributed by atoms with Gasteiger partial charge in [-0.25, -0.2) is 0 Å². The summed E-state index contributed by atoms with van der Waals surface area (Å²) in [6.45, 7) is 0. The van der Waals surface area contributed by atoms with E-state index in [1.165, 1.54) is 0 Å². The molecule has 0 aliphatic heterocycles. The summed E-state index contributed by atoms with van der Waals surface area (Å²) in [6.07, 6.45) is 0. The fraction of sp³-hybridized carbons (Fsp3) is 0. The Bertz CT molecular complexity index is 8.00. The summed E-state index contributed by atoms with van der Waals surface area (Å²) in [5.74, 6) is 0.